The van der Waals surface area contributed by atoms with Crippen molar-refractivity contribution < 1.29 is 4.79 Å². The quantitative estimate of drug-likeness (QED) is 0.839. The van der Waals surface area contributed by atoms with Crippen LogP contribution in [-0.2, 0) is 4.79 Å². The molecule has 3 rings (SSSR count). The first kappa shape index (κ1) is 12.3. The fraction of sp³-hybridized carbons (Fsp3) is 0.154. The van der Waals surface area contributed by atoms with E-state index in [-0.39, 0.29) is 11.2 Å². The van der Waals surface area contributed by atoms with E-state index in [4.69, 9.17) is 0 Å². The van der Waals surface area contributed by atoms with Gasteiger partial charge < -0.3 is 5.32 Å². The molecule has 1 atom stereocenters. The van der Waals surface area contributed by atoms with Gasteiger partial charge in [0.2, 0.25) is 5.91 Å². The smallest absolute Gasteiger partial charge is 0.234 e. The number of nitrogens with one attached hydrogen (secondary N) is 1. The Morgan fingerprint density at radius 3 is 3.06 bits per heavy atom. The third-order valence-electron chi connectivity index (χ3n) is 2.74. The summed E-state index contributed by atoms with van der Waals surface area (Å²) in [6.45, 7) is 0. The molecule has 0 saturated carbocycles. The molecule has 92 valence electrons. The standard InChI is InChI=1S/C13H10BrNOS2/c14-9-3-1-2-8(6-9)12-13-10(4-5-17-13)15-11(16)7-18-12/h1-6,12H,7H2,(H,15,16)/t12-/m1/s1. The van der Waals surface area contributed by atoms with Gasteiger partial charge in [0.1, 0.15) is 0 Å². The summed E-state index contributed by atoms with van der Waals surface area (Å²) >= 11 is 6.88. The van der Waals surface area contributed by atoms with E-state index < -0.39 is 0 Å². The summed E-state index contributed by atoms with van der Waals surface area (Å²) in [6, 6.07) is 10.3. The van der Waals surface area contributed by atoms with Crippen LogP contribution in [0.25, 0.3) is 0 Å². The number of halogens is 1. The van der Waals surface area contributed by atoms with Gasteiger partial charge in [0.25, 0.3) is 0 Å². The number of benzene rings is 1. The highest BCUT2D eigenvalue weighted by molar-refractivity contribution is 9.10. The van der Waals surface area contributed by atoms with Crippen molar-refractivity contribution in [2.75, 3.05) is 11.1 Å². The second kappa shape index (κ2) is 5.07. The number of rotatable bonds is 1. The Labute approximate surface area is 122 Å². The number of fused-ring (bicyclic) bond motifs is 1. The lowest BCUT2D eigenvalue weighted by molar-refractivity contribution is -0.113. The minimum absolute atomic E-state index is 0.0807. The van der Waals surface area contributed by atoms with Crippen LogP contribution in [0.3, 0.4) is 0 Å². The van der Waals surface area contributed by atoms with Gasteiger partial charge in [0.05, 0.1) is 16.7 Å². The zero-order valence-corrected chi connectivity index (χ0v) is 12.6. The molecule has 18 heavy (non-hydrogen) atoms. The summed E-state index contributed by atoms with van der Waals surface area (Å²) < 4.78 is 1.07. The lowest BCUT2D eigenvalue weighted by atomic mass is 10.1. The number of hydrogen-bond acceptors (Lipinski definition) is 3. The van der Waals surface area contributed by atoms with Crippen molar-refractivity contribution in [3.63, 3.8) is 0 Å². The van der Waals surface area contributed by atoms with E-state index in [0.29, 0.717) is 5.75 Å². The summed E-state index contributed by atoms with van der Waals surface area (Å²) in [7, 11) is 0. The number of anilines is 1. The number of hydrogen-bond donors (Lipinski definition) is 1. The van der Waals surface area contributed by atoms with Crippen molar-refractivity contribution in [2.24, 2.45) is 0 Å². The molecule has 0 unspecified atom stereocenters. The number of thioether (sulfide) groups is 1. The van der Waals surface area contributed by atoms with Crippen LogP contribution in [-0.4, -0.2) is 11.7 Å². The van der Waals surface area contributed by atoms with Crippen molar-refractivity contribution in [1.29, 1.82) is 0 Å². The fourth-order valence-electron chi connectivity index (χ4n) is 1.97. The van der Waals surface area contributed by atoms with E-state index in [1.54, 1.807) is 23.1 Å². The summed E-state index contributed by atoms with van der Waals surface area (Å²) in [5.41, 5.74) is 2.19. The third kappa shape index (κ3) is 2.35. The fourth-order valence-corrected chi connectivity index (χ4v) is 4.62. The first-order chi connectivity index (χ1) is 8.74. The lowest BCUT2D eigenvalue weighted by Crippen LogP contribution is -2.11. The Hall–Kier alpha value is -0.780. The number of carbonyl (C=O) groups is 1. The molecule has 5 heteroatoms. The van der Waals surface area contributed by atoms with E-state index >= 15 is 0 Å². The molecule has 0 fully saturated rings. The van der Waals surface area contributed by atoms with Crippen molar-refractivity contribution in [3.8, 4) is 0 Å². The average Bonchev–Trinajstić information content (AvgIpc) is 2.72. The SMILES string of the molecule is O=C1CS[C@H](c2cccc(Br)c2)c2sccc2N1. The van der Waals surface area contributed by atoms with Crippen molar-refractivity contribution in [3.05, 3.63) is 50.6 Å². The molecule has 1 amide bonds. The molecule has 1 N–H and O–H groups in total. The predicted molar refractivity (Wildman–Crippen MR) is 81.4 cm³/mol. The van der Waals surface area contributed by atoms with E-state index in [1.807, 2.05) is 23.6 Å². The Balaban J connectivity index is 2.05. The molecular formula is C13H10BrNOS2. The van der Waals surface area contributed by atoms with E-state index in [0.717, 1.165) is 10.2 Å². The zero-order valence-electron chi connectivity index (χ0n) is 9.35. The molecule has 1 aromatic heterocycles. The van der Waals surface area contributed by atoms with Crippen LogP contribution in [0.2, 0.25) is 0 Å². The molecule has 1 aliphatic heterocycles. The summed E-state index contributed by atoms with van der Waals surface area (Å²) in [5.74, 6) is 0.579. The predicted octanol–water partition coefficient (Wildman–Crippen LogP) is 4.29. The maximum absolute atomic E-state index is 11.7. The summed E-state index contributed by atoms with van der Waals surface area (Å²) in [4.78, 5) is 12.9. The highest BCUT2D eigenvalue weighted by atomic mass is 79.9. The lowest BCUT2D eigenvalue weighted by Gasteiger charge is -2.14. The van der Waals surface area contributed by atoms with Gasteiger partial charge in [-0.25, -0.2) is 0 Å². The largest absolute Gasteiger partial charge is 0.324 e. The van der Waals surface area contributed by atoms with Gasteiger partial charge in [-0.1, -0.05) is 28.1 Å². The Morgan fingerprint density at radius 1 is 1.33 bits per heavy atom. The van der Waals surface area contributed by atoms with Gasteiger partial charge in [0, 0.05) is 9.35 Å². The molecule has 2 aromatic rings. The number of amides is 1. The number of thiophene rings is 1. The van der Waals surface area contributed by atoms with Crippen LogP contribution in [0.5, 0.6) is 0 Å². The molecule has 0 bridgehead atoms. The van der Waals surface area contributed by atoms with Crippen molar-refractivity contribution in [1.82, 2.24) is 0 Å². The molecule has 2 heterocycles. The van der Waals surface area contributed by atoms with Crippen LogP contribution in [0.4, 0.5) is 5.69 Å². The Kier molecular flexibility index (Phi) is 3.46. The Morgan fingerprint density at radius 2 is 2.22 bits per heavy atom. The van der Waals surface area contributed by atoms with Gasteiger partial charge in [0.15, 0.2) is 0 Å². The van der Waals surface area contributed by atoms with Gasteiger partial charge in [-0.2, -0.15) is 0 Å². The van der Waals surface area contributed by atoms with E-state index in [2.05, 4.69) is 33.4 Å². The summed E-state index contributed by atoms with van der Waals surface area (Å²) in [5, 5.41) is 5.22. The average molecular weight is 340 g/mol. The van der Waals surface area contributed by atoms with E-state index in [9.17, 15) is 4.79 Å². The normalized spacial score (nSPS) is 18.9. The first-order valence-electron chi connectivity index (χ1n) is 5.48. The highest BCUT2D eigenvalue weighted by Gasteiger charge is 2.25. The number of carbonyl (C=O) groups excluding carboxylic acids is 1. The van der Waals surface area contributed by atoms with Crippen LogP contribution >= 0.6 is 39.0 Å². The first-order valence-corrected chi connectivity index (χ1v) is 8.20. The minimum Gasteiger partial charge on any atom is -0.324 e. The molecular weight excluding hydrogens is 330 g/mol. The van der Waals surface area contributed by atoms with Gasteiger partial charge in [-0.15, -0.1) is 23.1 Å². The molecule has 0 aliphatic carbocycles. The highest BCUT2D eigenvalue weighted by Crippen LogP contribution is 2.44. The molecule has 2 nitrogen and oxygen atoms in total. The zero-order chi connectivity index (χ0) is 12.5. The minimum atomic E-state index is 0.0807. The van der Waals surface area contributed by atoms with Gasteiger partial charge >= 0.3 is 0 Å². The van der Waals surface area contributed by atoms with Gasteiger partial charge in [-0.05, 0) is 29.1 Å². The van der Waals surface area contributed by atoms with Crippen LogP contribution < -0.4 is 5.32 Å². The molecule has 0 saturated heterocycles. The van der Waals surface area contributed by atoms with Crippen LogP contribution in [0.15, 0.2) is 40.2 Å². The van der Waals surface area contributed by atoms with E-state index in [1.165, 1.54) is 10.4 Å². The van der Waals surface area contributed by atoms with Gasteiger partial charge in [-0.3, -0.25) is 4.79 Å². The molecule has 1 aromatic carbocycles. The third-order valence-corrected chi connectivity index (χ3v) is 5.63. The maximum Gasteiger partial charge on any atom is 0.234 e. The van der Waals surface area contributed by atoms with Crippen molar-refractivity contribution in [2.45, 2.75) is 5.25 Å². The molecule has 0 spiro atoms. The monoisotopic (exact) mass is 339 g/mol. The maximum atomic E-state index is 11.7. The summed E-state index contributed by atoms with van der Waals surface area (Å²) in [6.07, 6.45) is 0. The molecule has 0 radical (unpaired) electrons. The second-order valence-electron chi connectivity index (χ2n) is 3.99. The molecule has 1 aliphatic rings. The second-order valence-corrected chi connectivity index (χ2v) is 6.95. The topological polar surface area (TPSA) is 29.1 Å². The van der Waals surface area contributed by atoms with Crippen LogP contribution in [0, 0.1) is 0 Å². The van der Waals surface area contributed by atoms with Crippen molar-refractivity contribution >= 4 is 50.6 Å². The Bertz CT molecular complexity index is 596. The van der Waals surface area contributed by atoms with Crippen LogP contribution in [0.1, 0.15) is 15.7 Å².